The lowest BCUT2D eigenvalue weighted by atomic mass is 10.1. The summed E-state index contributed by atoms with van der Waals surface area (Å²) in [7, 11) is 5.90. The van der Waals surface area contributed by atoms with Gasteiger partial charge in [-0.15, -0.1) is 0 Å². The van der Waals surface area contributed by atoms with Crippen molar-refractivity contribution in [2.24, 2.45) is 7.05 Å². The third kappa shape index (κ3) is 3.06. The molecule has 0 aliphatic rings. The van der Waals surface area contributed by atoms with Crippen LogP contribution in [-0.4, -0.2) is 40.4 Å². The van der Waals surface area contributed by atoms with E-state index in [1.807, 2.05) is 25.8 Å². The van der Waals surface area contributed by atoms with E-state index in [1.165, 1.54) is 0 Å². The van der Waals surface area contributed by atoms with Crippen LogP contribution in [0.3, 0.4) is 0 Å². The van der Waals surface area contributed by atoms with Crippen molar-refractivity contribution in [3.05, 3.63) is 15.9 Å². The first kappa shape index (κ1) is 13.7. The lowest BCUT2D eigenvalue weighted by Crippen LogP contribution is -2.16. The fourth-order valence-electron chi connectivity index (χ4n) is 1.67. The number of aliphatic hydroxyl groups excluding tert-OH is 1. The second-order valence-corrected chi connectivity index (χ2v) is 5.02. The number of aromatic nitrogens is 2. The van der Waals surface area contributed by atoms with Crippen molar-refractivity contribution < 1.29 is 5.11 Å². The molecule has 0 aliphatic carbocycles. The Bertz CT molecular complexity index is 349. The van der Waals surface area contributed by atoms with Crippen molar-refractivity contribution >= 4 is 15.9 Å². The zero-order valence-corrected chi connectivity index (χ0v) is 12.0. The lowest BCUT2D eigenvalue weighted by molar-refractivity contribution is 0.148. The standard InChI is InChI=1S/C11H20BrN3O/c1-5-8-10(12)11(13-15(8)4)9(16)6-7-14(2)3/h9,16H,5-7H2,1-4H3. The van der Waals surface area contributed by atoms with Gasteiger partial charge in [-0.3, -0.25) is 4.68 Å². The van der Waals surface area contributed by atoms with Gasteiger partial charge in [0.15, 0.2) is 0 Å². The van der Waals surface area contributed by atoms with Crippen LogP contribution in [0.15, 0.2) is 4.47 Å². The van der Waals surface area contributed by atoms with Crippen LogP contribution in [0, 0.1) is 0 Å². The molecule has 0 spiro atoms. The maximum absolute atomic E-state index is 10.1. The van der Waals surface area contributed by atoms with Crippen LogP contribution < -0.4 is 0 Å². The molecule has 1 atom stereocenters. The second-order valence-electron chi connectivity index (χ2n) is 4.23. The molecule has 1 rings (SSSR count). The van der Waals surface area contributed by atoms with Crippen LogP contribution in [0.25, 0.3) is 0 Å². The van der Waals surface area contributed by atoms with E-state index in [1.54, 1.807) is 0 Å². The third-order valence-electron chi connectivity index (χ3n) is 2.63. The number of aryl methyl sites for hydroxylation is 1. The molecule has 0 aliphatic heterocycles. The molecule has 0 bridgehead atoms. The average Bonchev–Trinajstić information content (AvgIpc) is 2.50. The Morgan fingerprint density at radius 2 is 2.12 bits per heavy atom. The van der Waals surface area contributed by atoms with Gasteiger partial charge in [0, 0.05) is 13.6 Å². The number of hydrogen-bond acceptors (Lipinski definition) is 3. The Labute approximate surface area is 105 Å². The number of rotatable bonds is 5. The Morgan fingerprint density at radius 3 is 2.56 bits per heavy atom. The molecule has 0 aromatic carbocycles. The zero-order chi connectivity index (χ0) is 12.3. The van der Waals surface area contributed by atoms with Crippen LogP contribution in [0.1, 0.15) is 30.8 Å². The molecule has 0 radical (unpaired) electrons. The highest BCUT2D eigenvalue weighted by Crippen LogP contribution is 2.28. The smallest absolute Gasteiger partial charge is 0.105 e. The molecule has 1 N–H and O–H groups in total. The zero-order valence-electron chi connectivity index (χ0n) is 10.4. The number of halogens is 1. The van der Waals surface area contributed by atoms with Crippen LogP contribution in [0.4, 0.5) is 0 Å². The van der Waals surface area contributed by atoms with Crippen molar-refractivity contribution in [2.45, 2.75) is 25.9 Å². The highest BCUT2D eigenvalue weighted by atomic mass is 79.9. The summed E-state index contributed by atoms with van der Waals surface area (Å²) in [6.07, 6.45) is 1.11. The molecule has 16 heavy (non-hydrogen) atoms. The van der Waals surface area contributed by atoms with E-state index in [-0.39, 0.29) is 0 Å². The number of nitrogens with zero attached hydrogens (tertiary/aromatic N) is 3. The molecule has 0 saturated heterocycles. The summed E-state index contributed by atoms with van der Waals surface area (Å²) in [5.74, 6) is 0. The first-order valence-electron chi connectivity index (χ1n) is 5.51. The minimum absolute atomic E-state index is 0.497. The number of aliphatic hydroxyl groups is 1. The van der Waals surface area contributed by atoms with Gasteiger partial charge in [-0.25, -0.2) is 0 Å². The van der Waals surface area contributed by atoms with Crippen molar-refractivity contribution in [1.82, 2.24) is 14.7 Å². The van der Waals surface area contributed by atoms with E-state index >= 15 is 0 Å². The second kappa shape index (κ2) is 5.80. The van der Waals surface area contributed by atoms with Gasteiger partial charge in [-0.1, -0.05) is 6.92 Å². The summed E-state index contributed by atoms with van der Waals surface area (Å²) >= 11 is 3.51. The van der Waals surface area contributed by atoms with E-state index in [0.29, 0.717) is 6.42 Å². The van der Waals surface area contributed by atoms with Crippen molar-refractivity contribution in [1.29, 1.82) is 0 Å². The van der Waals surface area contributed by atoms with E-state index in [9.17, 15) is 5.11 Å². The fraction of sp³-hybridized carbons (Fsp3) is 0.727. The van der Waals surface area contributed by atoms with Crippen molar-refractivity contribution in [3.8, 4) is 0 Å². The van der Waals surface area contributed by atoms with Gasteiger partial charge in [-0.2, -0.15) is 5.10 Å². The van der Waals surface area contributed by atoms with Gasteiger partial charge in [0.25, 0.3) is 0 Å². The topological polar surface area (TPSA) is 41.3 Å². The average molecular weight is 290 g/mol. The van der Waals surface area contributed by atoms with Crippen LogP contribution in [-0.2, 0) is 13.5 Å². The molecule has 1 aromatic rings. The molecule has 1 unspecified atom stereocenters. The predicted molar refractivity (Wildman–Crippen MR) is 68.4 cm³/mol. The summed E-state index contributed by atoms with van der Waals surface area (Å²) in [5.41, 5.74) is 1.88. The van der Waals surface area contributed by atoms with Crippen LogP contribution in [0.5, 0.6) is 0 Å². The fourth-order valence-corrected chi connectivity index (χ4v) is 2.55. The summed E-state index contributed by atoms with van der Waals surface area (Å²) in [4.78, 5) is 2.06. The first-order chi connectivity index (χ1) is 7.47. The van der Waals surface area contributed by atoms with Gasteiger partial charge < -0.3 is 10.0 Å². The monoisotopic (exact) mass is 289 g/mol. The third-order valence-corrected chi connectivity index (χ3v) is 3.49. The predicted octanol–water partition coefficient (Wildman–Crippen LogP) is 1.73. The summed E-state index contributed by atoms with van der Waals surface area (Å²) < 4.78 is 2.78. The van der Waals surface area contributed by atoms with E-state index in [4.69, 9.17) is 0 Å². The molecule has 92 valence electrons. The molecular formula is C11H20BrN3O. The molecule has 1 heterocycles. The minimum Gasteiger partial charge on any atom is -0.387 e. The maximum atomic E-state index is 10.1. The highest BCUT2D eigenvalue weighted by molar-refractivity contribution is 9.10. The Hall–Kier alpha value is -0.390. The summed E-state index contributed by atoms with van der Waals surface area (Å²) in [6.45, 7) is 2.93. The molecule has 1 aromatic heterocycles. The van der Waals surface area contributed by atoms with E-state index in [0.717, 1.165) is 28.8 Å². The lowest BCUT2D eigenvalue weighted by Gasteiger charge is -2.12. The largest absolute Gasteiger partial charge is 0.387 e. The van der Waals surface area contributed by atoms with Crippen molar-refractivity contribution in [2.75, 3.05) is 20.6 Å². The van der Waals surface area contributed by atoms with Gasteiger partial charge in [0.05, 0.1) is 10.2 Å². The molecule has 5 heteroatoms. The Balaban J connectivity index is 2.79. The Morgan fingerprint density at radius 1 is 1.50 bits per heavy atom. The van der Waals surface area contributed by atoms with Crippen LogP contribution >= 0.6 is 15.9 Å². The summed E-state index contributed by atoms with van der Waals surface area (Å²) in [6, 6.07) is 0. The minimum atomic E-state index is -0.497. The molecule has 0 saturated carbocycles. The molecular weight excluding hydrogens is 270 g/mol. The van der Waals surface area contributed by atoms with E-state index < -0.39 is 6.10 Å². The quantitative estimate of drug-likeness (QED) is 0.898. The van der Waals surface area contributed by atoms with Crippen molar-refractivity contribution in [3.63, 3.8) is 0 Å². The molecule has 0 amide bonds. The maximum Gasteiger partial charge on any atom is 0.105 e. The SMILES string of the molecule is CCc1c(Br)c(C(O)CCN(C)C)nn1C. The first-order valence-corrected chi connectivity index (χ1v) is 6.30. The molecule has 4 nitrogen and oxygen atoms in total. The Kier molecular flexibility index (Phi) is 4.95. The van der Waals surface area contributed by atoms with Gasteiger partial charge >= 0.3 is 0 Å². The normalized spacial score (nSPS) is 13.4. The molecule has 0 fully saturated rings. The highest BCUT2D eigenvalue weighted by Gasteiger charge is 2.19. The van der Waals surface area contributed by atoms with Gasteiger partial charge in [0.1, 0.15) is 11.8 Å². The van der Waals surface area contributed by atoms with Crippen LogP contribution in [0.2, 0.25) is 0 Å². The van der Waals surface area contributed by atoms with E-state index in [2.05, 4.69) is 32.9 Å². The van der Waals surface area contributed by atoms with Gasteiger partial charge in [-0.05, 0) is 42.9 Å². The summed E-state index contributed by atoms with van der Waals surface area (Å²) in [5, 5.41) is 14.4. The number of hydrogen-bond donors (Lipinski definition) is 1. The van der Waals surface area contributed by atoms with Gasteiger partial charge in [0.2, 0.25) is 0 Å².